The van der Waals surface area contributed by atoms with Crippen molar-refractivity contribution in [2.45, 2.75) is 65.7 Å². The normalized spacial score (nSPS) is 13.5. The van der Waals surface area contributed by atoms with Crippen molar-refractivity contribution in [3.63, 3.8) is 0 Å². The number of unbranched alkanes of at least 4 members (excludes halogenated alkanes) is 5. The second-order valence-corrected chi connectivity index (χ2v) is 4.74. The lowest BCUT2D eigenvalue weighted by Gasteiger charge is -2.17. The van der Waals surface area contributed by atoms with Crippen molar-refractivity contribution in [2.75, 3.05) is 6.61 Å². The fourth-order valence-electron chi connectivity index (χ4n) is 1.82. The first-order valence-electron chi connectivity index (χ1n) is 6.33. The predicted octanol–water partition coefficient (Wildman–Crippen LogP) is 4.00. The minimum atomic E-state index is 0.368. The first-order valence-corrected chi connectivity index (χ1v) is 6.33. The summed E-state index contributed by atoms with van der Waals surface area (Å²) in [6, 6.07) is 0. The number of aliphatic hydroxyl groups is 1. The van der Waals surface area contributed by atoms with Crippen LogP contribution in [-0.4, -0.2) is 11.7 Å². The summed E-state index contributed by atoms with van der Waals surface area (Å²) in [4.78, 5) is 0. The Morgan fingerprint density at radius 3 is 2.00 bits per heavy atom. The molecule has 0 amide bonds. The maximum Gasteiger partial charge on any atom is 0.0461 e. The Kier molecular flexibility index (Phi) is 9.49. The third-order valence-corrected chi connectivity index (χ3v) is 3.11. The summed E-state index contributed by atoms with van der Waals surface area (Å²) in [5, 5.41) is 9.14. The van der Waals surface area contributed by atoms with Gasteiger partial charge in [-0.25, -0.2) is 0 Å². The highest BCUT2D eigenvalue weighted by atomic mass is 16.3. The third-order valence-electron chi connectivity index (χ3n) is 3.11. The number of hydrogen-bond acceptors (Lipinski definition) is 1. The van der Waals surface area contributed by atoms with Crippen LogP contribution in [0.2, 0.25) is 0 Å². The molecule has 1 nitrogen and oxygen atoms in total. The molecule has 0 fully saturated rings. The van der Waals surface area contributed by atoms with E-state index in [1.54, 1.807) is 0 Å². The fraction of sp³-hybridized carbons (Fsp3) is 1.00. The van der Waals surface area contributed by atoms with E-state index in [0.29, 0.717) is 18.4 Å². The molecule has 0 rings (SSSR count). The molecule has 86 valence electrons. The summed E-state index contributed by atoms with van der Waals surface area (Å²) in [5.74, 6) is 1.16. The van der Waals surface area contributed by atoms with Crippen LogP contribution in [0, 0.1) is 11.8 Å². The van der Waals surface area contributed by atoms with Gasteiger partial charge in [0.2, 0.25) is 0 Å². The Bertz CT molecular complexity index is 110. The molecule has 1 unspecified atom stereocenters. The molecule has 0 aliphatic carbocycles. The van der Waals surface area contributed by atoms with Gasteiger partial charge in [0.15, 0.2) is 0 Å². The maximum atomic E-state index is 9.14. The van der Waals surface area contributed by atoms with Crippen LogP contribution in [-0.2, 0) is 0 Å². The van der Waals surface area contributed by atoms with Gasteiger partial charge in [0.05, 0.1) is 0 Å². The summed E-state index contributed by atoms with van der Waals surface area (Å²) in [7, 11) is 0. The molecular formula is C13H28O. The molecule has 0 aromatic heterocycles. The second-order valence-electron chi connectivity index (χ2n) is 4.74. The smallest absolute Gasteiger partial charge is 0.0461 e. The molecule has 0 spiro atoms. The van der Waals surface area contributed by atoms with Crippen LogP contribution in [0.15, 0.2) is 0 Å². The molecular weight excluding hydrogens is 172 g/mol. The minimum absolute atomic E-state index is 0.368. The molecule has 14 heavy (non-hydrogen) atoms. The van der Waals surface area contributed by atoms with Crippen molar-refractivity contribution in [1.82, 2.24) is 0 Å². The van der Waals surface area contributed by atoms with Crippen LogP contribution < -0.4 is 0 Å². The summed E-state index contributed by atoms with van der Waals surface area (Å²) in [6.45, 7) is 7.03. The van der Waals surface area contributed by atoms with E-state index in [4.69, 9.17) is 5.11 Å². The Hall–Kier alpha value is -0.0400. The van der Waals surface area contributed by atoms with Gasteiger partial charge in [-0.05, 0) is 18.3 Å². The van der Waals surface area contributed by atoms with Gasteiger partial charge in [0.1, 0.15) is 0 Å². The van der Waals surface area contributed by atoms with E-state index >= 15 is 0 Å². The van der Waals surface area contributed by atoms with E-state index in [1.165, 1.54) is 44.9 Å². The van der Waals surface area contributed by atoms with Gasteiger partial charge in [-0.2, -0.15) is 0 Å². The Morgan fingerprint density at radius 1 is 0.929 bits per heavy atom. The quantitative estimate of drug-likeness (QED) is 0.558. The van der Waals surface area contributed by atoms with Gasteiger partial charge in [-0.3, -0.25) is 0 Å². The van der Waals surface area contributed by atoms with Gasteiger partial charge in [-0.15, -0.1) is 0 Å². The zero-order valence-electron chi connectivity index (χ0n) is 10.3. The highest BCUT2D eigenvalue weighted by Gasteiger charge is 2.10. The Morgan fingerprint density at radius 2 is 1.50 bits per heavy atom. The standard InChI is InChI=1S/C13H28O/c1-4-5-6-7-8-9-10-13(11-14)12(2)3/h12-14H,4-11H2,1-3H3. The van der Waals surface area contributed by atoms with Gasteiger partial charge in [0.25, 0.3) is 0 Å². The molecule has 0 saturated heterocycles. The molecule has 0 aliphatic heterocycles. The summed E-state index contributed by atoms with van der Waals surface area (Å²) in [6.07, 6.45) is 9.33. The molecule has 0 aromatic rings. The van der Waals surface area contributed by atoms with Crippen LogP contribution in [0.25, 0.3) is 0 Å². The zero-order chi connectivity index (χ0) is 10.8. The minimum Gasteiger partial charge on any atom is -0.396 e. The van der Waals surface area contributed by atoms with E-state index in [9.17, 15) is 0 Å². The SMILES string of the molecule is CCCCCCCCC(CO)C(C)C. The summed E-state index contributed by atoms with van der Waals surface area (Å²) < 4.78 is 0. The monoisotopic (exact) mass is 200 g/mol. The van der Waals surface area contributed by atoms with E-state index in [-0.39, 0.29) is 0 Å². The third kappa shape index (κ3) is 7.37. The number of hydrogen-bond donors (Lipinski definition) is 1. The molecule has 0 bridgehead atoms. The molecule has 0 radical (unpaired) electrons. The predicted molar refractivity (Wildman–Crippen MR) is 63.4 cm³/mol. The van der Waals surface area contributed by atoms with Crippen LogP contribution in [0.1, 0.15) is 65.7 Å². The average Bonchev–Trinajstić information content (AvgIpc) is 2.16. The zero-order valence-corrected chi connectivity index (χ0v) is 10.3. The van der Waals surface area contributed by atoms with Crippen molar-refractivity contribution in [1.29, 1.82) is 0 Å². The first-order chi connectivity index (χ1) is 6.72. The highest BCUT2D eigenvalue weighted by molar-refractivity contribution is 4.61. The number of aliphatic hydroxyl groups excluding tert-OH is 1. The maximum absolute atomic E-state index is 9.14. The Balaban J connectivity index is 3.25. The summed E-state index contributed by atoms with van der Waals surface area (Å²) in [5.41, 5.74) is 0. The molecule has 1 heteroatoms. The molecule has 0 saturated carbocycles. The van der Waals surface area contributed by atoms with Gasteiger partial charge in [0, 0.05) is 6.61 Å². The number of rotatable bonds is 9. The van der Waals surface area contributed by atoms with E-state index in [1.807, 2.05) is 0 Å². The van der Waals surface area contributed by atoms with Gasteiger partial charge >= 0.3 is 0 Å². The van der Waals surface area contributed by atoms with Crippen LogP contribution in [0.4, 0.5) is 0 Å². The van der Waals surface area contributed by atoms with Crippen LogP contribution in [0.3, 0.4) is 0 Å². The largest absolute Gasteiger partial charge is 0.396 e. The Labute approximate surface area is 89.9 Å². The van der Waals surface area contributed by atoms with Gasteiger partial charge < -0.3 is 5.11 Å². The first kappa shape index (κ1) is 14.0. The molecule has 0 aliphatic rings. The topological polar surface area (TPSA) is 20.2 Å². The lowest BCUT2D eigenvalue weighted by molar-refractivity contribution is 0.178. The van der Waals surface area contributed by atoms with E-state index < -0.39 is 0 Å². The van der Waals surface area contributed by atoms with Crippen LogP contribution >= 0.6 is 0 Å². The van der Waals surface area contributed by atoms with Crippen molar-refractivity contribution < 1.29 is 5.11 Å². The molecule has 0 heterocycles. The average molecular weight is 200 g/mol. The second kappa shape index (κ2) is 9.51. The van der Waals surface area contributed by atoms with Crippen molar-refractivity contribution in [3.05, 3.63) is 0 Å². The highest BCUT2D eigenvalue weighted by Crippen LogP contribution is 2.18. The van der Waals surface area contributed by atoms with Crippen LogP contribution in [0.5, 0.6) is 0 Å². The lowest BCUT2D eigenvalue weighted by Crippen LogP contribution is -2.13. The van der Waals surface area contributed by atoms with Crippen molar-refractivity contribution in [3.8, 4) is 0 Å². The molecule has 0 aromatic carbocycles. The van der Waals surface area contributed by atoms with E-state index in [2.05, 4.69) is 20.8 Å². The van der Waals surface area contributed by atoms with Crippen molar-refractivity contribution in [2.24, 2.45) is 11.8 Å². The fourth-order valence-corrected chi connectivity index (χ4v) is 1.82. The van der Waals surface area contributed by atoms with Gasteiger partial charge in [-0.1, -0.05) is 59.3 Å². The lowest BCUT2D eigenvalue weighted by atomic mass is 9.91. The summed E-state index contributed by atoms with van der Waals surface area (Å²) >= 11 is 0. The van der Waals surface area contributed by atoms with E-state index in [0.717, 1.165) is 0 Å². The van der Waals surface area contributed by atoms with Crippen molar-refractivity contribution >= 4 is 0 Å². The molecule has 1 atom stereocenters. The molecule has 1 N–H and O–H groups in total.